The molecule has 16 heavy (non-hydrogen) atoms. The van der Waals surface area contributed by atoms with Crippen LogP contribution in [0, 0.1) is 0 Å². The summed E-state index contributed by atoms with van der Waals surface area (Å²) < 4.78 is 4.79. The first-order valence-electron chi connectivity index (χ1n) is 5.65. The summed E-state index contributed by atoms with van der Waals surface area (Å²) in [5.74, 6) is -0.235. The van der Waals surface area contributed by atoms with Crippen molar-refractivity contribution < 1.29 is 9.53 Å². The summed E-state index contributed by atoms with van der Waals surface area (Å²) in [5, 5.41) is 0.672. The third-order valence-electron chi connectivity index (χ3n) is 2.89. The average Bonchev–Trinajstić information content (AvgIpc) is 2.82. The molecule has 0 N–H and O–H groups in total. The fraction of sp³-hybridized carbons (Fsp3) is 0.462. The van der Waals surface area contributed by atoms with Crippen molar-refractivity contribution in [2.75, 3.05) is 7.11 Å². The van der Waals surface area contributed by atoms with E-state index in [0.29, 0.717) is 10.8 Å². The third kappa shape index (κ3) is 2.59. The number of esters is 1. The number of carbonyl (C=O) groups is 1. The number of thioether (sulfide) groups is 1. The van der Waals surface area contributed by atoms with Gasteiger partial charge in [0.25, 0.3) is 0 Å². The van der Waals surface area contributed by atoms with Crippen LogP contribution in [0.25, 0.3) is 0 Å². The van der Waals surface area contributed by atoms with Crippen LogP contribution in [0.5, 0.6) is 0 Å². The van der Waals surface area contributed by atoms with Crippen LogP contribution in [0.1, 0.15) is 36.0 Å². The number of hydrogen-bond acceptors (Lipinski definition) is 3. The molecule has 0 aliphatic heterocycles. The summed E-state index contributed by atoms with van der Waals surface area (Å²) in [6, 6.07) is 7.70. The first kappa shape index (κ1) is 11.5. The van der Waals surface area contributed by atoms with Crippen molar-refractivity contribution in [2.24, 2.45) is 0 Å². The predicted octanol–water partition coefficient (Wildman–Crippen LogP) is 3.51. The Hall–Kier alpha value is -0.960. The number of ether oxygens (including phenoxy) is 1. The fourth-order valence-corrected chi connectivity index (χ4v) is 3.40. The maximum absolute atomic E-state index is 11.6. The Bertz CT molecular complexity index is 370. The molecule has 0 spiro atoms. The van der Waals surface area contributed by atoms with Crippen LogP contribution in [0.4, 0.5) is 0 Å². The van der Waals surface area contributed by atoms with E-state index in [4.69, 9.17) is 4.74 Å². The van der Waals surface area contributed by atoms with Gasteiger partial charge in [-0.05, 0) is 25.0 Å². The number of rotatable bonds is 3. The zero-order chi connectivity index (χ0) is 11.4. The van der Waals surface area contributed by atoms with Crippen molar-refractivity contribution in [2.45, 2.75) is 35.8 Å². The highest BCUT2D eigenvalue weighted by molar-refractivity contribution is 8.00. The smallest absolute Gasteiger partial charge is 0.338 e. The Balaban J connectivity index is 2.15. The normalized spacial score (nSPS) is 16.3. The van der Waals surface area contributed by atoms with Gasteiger partial charge in [0.15, 0.2) is 0 Å². The summed E-state index contributed by atoms with van der Waals surface area (Å²) in [4.78, 5) is 12.6. The zero-order valence-corrected chi connectivity index (χ0v) is 10.3. The van der Waals surface area contributed by atoms with Crippen LogP contribution in [0.2, 0.25) is 0 Å². The molecule has 2 nitrogen and oxygen atoms in total. The molecular formula is C13H16O2S. The molecule has 1 aliphatic carbocycles. The molecule has 0 heterocycles. The van der Waals surface area contributed by atoms with Gasteiger partial charge in [-0.2, -0.15) is 0 Å². The standard InChI is InChI=1S/C13H16O2S/c1-15-13(14)11-8-4-5-9-12(11)16-10-6-2-3-7-10/h4-5,8-10H,2-3,6-7H2,1H3. The molecule has 0 saturated heterocycles. The van der Waals surface area contributed by atoms with Crippen LogP contribution in [-0.2, 0) is 4.74 Å². The lowest BCUT2D eigenvalue weighted by Gasteiger charge is -2.11. The summed E-state index contributed by atoms with van der Waals surface area (Å²) in [6.45, 7) is 0. The highest BCUT2D eigenvalue weighted by Gasteiger charge is 2.19. The maximum atomic E-state index is 11.6. The summed E-state index contributed by atoms with van der Waals surface area (Å²) in [5.41, 5.74) is 0.696. The van der Waals surface area contributed by atoms with Crippen molar-refractivity contribution >= 4 is 17.7 Å². The Morgan fingerprint density at radius 1 is 1.31 bits per heavy atom. The molecule has 0 amide bonds. The molecule has 1 aromatic carbocycles. The second kappa shape index (κ2) is 5.39. The first-order chi connectivity index (χ1) is 7.81. The van der Waals surface area contributed by atoms with E-state index < -0.39 is 0 Å². The number of methoxy groups -OCH3 is 1. The monoisotopic (exact) mass is 236 g/mol. The van der Waals surface area contributed by atoms with Crippen molar-refractivity contribution in [1.29, 1.82) is 0 Å². The molecule has 1 aliphatic rings. The van der Waals surface area contributed by atoms with E-state index >= 15 is 0 Å². The molecule has 0 atom stereocenters. The minimum absolute atomic E-state index is 0.235. The lowest BCUT2D eigenvalue weighted by molar-refractivity contribution is 0.0597. The van der Waals surface area contributed by atoms with Crippen LogP contribution in [-0.4, -0.2) is 18.3 Å². The Kier molecular flexibility index (Phi) is 3.88. The van der Waals surface area contributed by atoms with Crippen molar-refractivity contribution in [3.8, 4) is 0 Å². The third-order valence-corrected chi connectivity index (χ3v) is 4.30. The zero-order valence-electron chi connectivity index (χ0n) is 9.44. The second-order valence-electron chi connectivity index (χ2n) is 4.01. The molecule has 0 aromatic heterocycles. The van der Waals surface area contributed by atoms with Crippen molar-refractivity contribution in [3.05, 3.63) is 29.8 Å². The van der Waals surface area contributed by atoms with Crippen molar-refractivity contribution in [3.63, 3.8) is 0 Å². The van der Waals surface area contributed by atoms with E-state index in [-0.39, 0.29) is 5.97 Å². The topological polar surface area (TPSA) is 26.3 Å². The molecule has 1 saturated carbocycles. The van der Waals surface area contributed by atoms with Gasteiger partial charge in [-0.3, -0.25) is 0 Å². The fourth-order valence-electron chi connectivity index (χ4n) is 2.03. The lowest BCUT2D eigenvalue weighted by atomic mass is 10.2. The van der Waals surface area contributed by atoms with E-state index in [1.807, 2.05) is 36.0 Å². The van der Waals surface area contributed by atoms with Gasteiger partial charge in [-0.15, -0.1) is 11.8 Å². The van der Waals surface area contributed by atoms with Gasteiger partial charge < -0.3 is 4.74 Å². The summed E-state index contributed by atoms with van der Waals surface area (Å²) in [7, 11) is 1.43. The van der Waals surface area contributed by atoms with E-state index in [0.717, 1.165) is 4.90 Å². The molecule has 86 valence electrons. The number of benzene rings is 1. The lowest BCUT2D eigenvalue weighted by Crippen LogP contribution is -2.04. The summed E-state index contributed by atoms with van der Waals surface area (Å²) >= 11 is 1.82. The Morgan fingerprint density at radius 3 is 2.69 bits per heavy atom. The predicted molar refractivity (Wildman–Crippen MR) is 65.9 cm³/mol. The van der Waals surface area contributed by atoms with Gasteiger partial charge in [0.1, 0.15) is 0 Å². The van der Waals surface area contributed by atoms with Crippen molar-refractivity contribution in [1.82, 2.24) is 0 Å². The Morgan fingerprint density at radius 2 is 2.00 bits per heavy atom. The van der Waals surface area contributed by atoms with E-state index in [1.54, 1.807) is 0 Å². The van der Waals surface area contributed by atoms with E-state index in [2.05, 4.69) is 0 Å². The molecular weight excluding hydrogens is 220 g/mol. The largest absolute Gasteiger partial charge is 0.465 e. The highest BCUT2D eigenvalue weighted by atomic mass is 32.2. The highest BCUT2D eigenvalue weighted by Crippen LogP contribution is 2.36. The molecule has 1 fully saturated rings. The average molecular weight is 236 g/mol. The minimum Gasteiger partial charge on any atom is -0.465 e. The quantitative estimate of drug-likeness (QED) is 0.751. The number of carbonyl (C=O) groups excluding carboxylic acids is 1. The molecule has 0 unspecified atom stereocenters. The minimum atomic E-state index is -0.235. The Labute approximate surface area is 100 Å². The van der Waals surface area contributed by atoms with Crippen LogP contribution in [0.15, 0.2) is 29.2 Å². The van der Waals surface area contributed by atoms with Crippen LogP contribution >= 0.6 is 11.8 Å². The van der Waals surface area contributed by atoms with E-state index in [9.17, 15) is 4.79 Å². The van der Waals surface area contributed by atoms with Gasteiger partial charge >= 0.3 is 5.97 Å². The summed E-state index contributed by atoms with van der Waals surface area (Å²) in [6.07, 6.45) is 5.16. The van der Waals surface area contributed by atoms with Crippen LogP contribution in [0.3, 0.4) is 0 Å². The van der Waals surface area contributed by atoms with Gasteiger partial charge in [0.2, 0.25) is 0 Å². The molecule has 0 bridgehead atoms. The maximum Gasteiger partial charge on any atom is 0.338 e. The van der Waals surface area contributed by atoms with E-state index in [1.165, 1.54) is 32.8 Å². The SMILES string of the molecule is COC(=O)c1ccccc1SC1CCCC1. The van der Waals surface area contributed by atoms with Gasteiger partial charge in [0, 0.05) is 10.1 Å². The molecule has 1 aromatic rings. The number of hydrogen-bond donors (Lipinski definition) is 0. The molecule has 3 heteroatoms. The van der Waals surface area contributed by atoms with Gasteiger partial charge in [0.05, 0.1) is 12.7 Å². The van der Waals surface area contributed by atoms with Gasteiger partial charge in [-0.25, -0.2) is 4.79 Å². The first-order valence-corrected chi connectivity index (χ1v) is 6.53. The van der Waals surface area contributed by atoms with Crippen LogP contribution < -0.4 is 0 Å². The molecule has 2 rings (SSSR count). The molecule has 0 radical (unpaired) electrons. The van der Waals surface area contributed by atoms with Gasteiger partial charge in [-0.1, -0.05) is 25.0 Å². The second-order valence-corrected chi connectivity index (χ2v) is 5.35.